The Hall–Kier alpha value is -1.43. The minimum Gasteiger partial charge on any atom is -0.471 e. The Morgan fingerprint density at radius 3 is 2.37 bits per heavy atom. The van der Waals surface area contributed by atoms with Gasteiger partial charge in [0.2, 0.25) is 5.88 Å². The van der Waals surface area contributed by atoms with Gasteiger partial charge in [0.25, 0.3) is 0 Å². The van der Waals surface area contributed by atoms with E-state index in [2.05, 4.69) is 24.6 Å². The van der Waals surface area contributed by atoms with Crippen molar-refractivity contribution in [2.24, 2.45) is 0 Å². The first-order valence-corrected chi connectivity index (χ1v) is 11.9. The molecule has 0 aliphatic carbocycles. The van der Waals surface area contributed by atoms with Crippen molar-refractivity contribution >= 4 is 46.8 Å². The molecule has 156 valence electrons. The van der Waals surface area contributed by atoms with Gasteiger partial charge in [-0.2, -0.15) is 0 Å². The monoisotopic (exact) mass is 478 g/mol. The highest BCUT2D eigenvalue weighted by molar-refractivity contribution is 7.96. The summed E-state index contributed by atoms with van der Waals surface area (Å²) in [6.45, 7) is 4.16. The Morgan fingerprint density at radius 2 is 1.70 bits per heavy atom. The van der Waals surface area contributed by atoms with E-state index >= 15 is 0 Å². The van der Waals surface area contributed by atoms with Gasteiger partial charge in [-0.1, -0.05) is 58.9 Å². The zero-order valence-corrected chi connectivity index (χ0v) is 19.9. The van der Waals surface area contributed by atoms with Crippen LogP contribution in [0.2, 0.25) is 15.1 Å². The number of nitrogens with zero attached hydrogens (tertiary/aromatic N) is 1. The Balaban J connectivity index is 1.97. The molecule has 3 nitrogen and oxygen atoms in total. The molecule has 0 spiro atoms. The summed E-state index contributed by atoms with van der Waals surface area (Å²) < 4.78 is 9.78. The fourth-order valence-electron chi connectivity index (χ4n) is 3.73. The Bertz CT molecular complexity index is 1090. The zero-order valence-electron chi connectivity index (χ0n) is 16.8. The van der Waals surface area contributed by atoms with E-state index in [0.717, 1.165) is 34.4 Å². The maximum atomic E-state index is 6.56. The number of halogens is 3. The number of pyridine rings is 1. The maximum Gasteiger partial charge on any atom is 0.219 e. The van der Waals surface area contributed by atoms with Crippen molar-refractivity contribution in [3.8, 4) is 28.3 Å². The number of fused-ring (bicyclic) bond motifs is 1. The predicted molar refractivity (Wildman–Crippen MR) is 129 cm³/mol. The summed E-state index contributed by atoms with van der Waals surface area (Å²) in [7, 11) is 0. The van der Waals surface area contributed by atoms with Crippen LogP contribution in [0.25, 0.3) is 22.4 Å². The summed E-state index contributed by atoms with van der Waals surface area (Å²) in [6.07, 6.45) is 2.86. The quantitative estimate of drug-likeness (QED) is 0.386. The average Bonchev–Trinajstić information content (AvgIpc) is 2.67. The molecule has 1 aliphatic rings. The molecule has 2 aromatic carbocycles. The lowest BCUT2D eigenvalue weighted by atomic mass is 9.89. The van der Waals surface area contributed by atoms with Crippen LogP contribution < -0.4 is 9.46 Å². The Kier molecular flexibility index (Phi) is 6.25. The molecule has 30 heavy (non-hydrogen) atoms. The molecule has 0 amide bonds. The summed E-state index contributed by atoms with van der Waals surface area (Å²) in [5, 5.41) is 1.80. The highest BCUT2D eigenvalue weighted by Crippen LogP contribution is 2.45. The van der Waals surface area contributed by atoms with Gasteiger partial charge in [-0.05, 0) is 62.1 Å². The van der Waals surface area contributed by atoms with Gasteiger partial charge in [0.1, 0.15) is 5.60 Å². The largest absolute Gasteiger partial charge is 0.471 e. The van der Waals surface area contributed by atoms with E-state index in [4.69, 9.17) is 44.5 Å². The molecule has 1 atom stereocenters. The van der Waals surface area contributed by atoms with Crippen LogP contribution >= 0.6 is 46.8 Å². The van der Waals surface area contributed by atoms with Crippen molar-refractivity contribution in [1.29, 1.82) is 0 Å². The first-order chi connectivity index (χ1) is 14.3. The average molecular weight is 480 g/mol. The van der Waals surface area contributed by atoms with Crippen LogP contribution in [0.15, 0.2) is 48.5 Å². The lowest BCUT2D eigenvalue weighted by Gasteiger charge is -2.37. The van der Waals surface area contributed by atoms with Gasteiger partial charge in [0, 0.05) is 33.2 Å². The van der Waals surface area contributed by atoms with Crippen molar-refractivity contribution in [1.82, 2.24) is 9.71 Å². The van der Waals surface area contributed by atoms with Gasteiger partial charge in [-0.3, -0.25) is 4.72 Å². The third kappa shape index (κ3) is 4.44. The van der Waals surface area contributed by atoms with Crippen LogP contribution in [0.3, 0.4) is 0 Å². The second-order valence-corrected chi connectivity index (χ2v) is 9.77. The van der Waals surface area contributed by atoms with Crippen molar-refractivity contribution in [2.75, 3.05) is 6.26 Å². The molecule has 0 saturated heterocycles. The predicted octanol–water partition coefficient (Wildman–Crippen LogP) is 7.85. The molecule has 0 radical (unpaired) electrons. The smallest absolute Gasteiger partial charge is 0.219 e. The number of aromatic nitrogens is 1. The Labute approximate surface area is 196 Å². The van der Waals surface area contributed by atoms with E-state index in [1.807, 2.05) is 42.7 Å². The van der Waals surface area contributed by atoms with E-state index in [1.165, 1.54) is 0 Å². The van der Waals surface area contributed by atoms with E-state index in [1.54, 1.807) is 18.0 Å². The molecule has 1 aromatic heterocycles. The van der Waals surface area contributed by atoms with Crippen molar-refractivity contribution in [2.45, 2.75) is 31.9 Å². The number of hydrogen-bond donors (Lipinski definition) is 1. The highest BCUT2D eigenvalue weighted by atomic mass is 35.5. The molecule has 0 bridgehead atoms. The minimum atomic E-state index is -0.337. The van der Waals surface area contributed by atoms with Gasteiger partial charge >= 0.3 is 0 Å². The molecule has 1 unspecified atom stereocenters. The number of benzene rings is 2. The van der Waals surface area contributed by atoms with Gasteiger partial charge in [-0.15, -0.1) is 0 Å². The first-order valence-electron chi connectivity index (χ1n) is 9.51. The number of rotatable bonds is 4. The van der Waals surface area contributed by atoms with Crippen LogP contribution in [-0.4, -0.2) is 16.8 Å². The number of hydrogen-bond acceptors (Lipinski definition) is 4. The molecule has 2 heterocycles. The summed E-state index contributed by atoms with van der Waals surface area (Å²) >= 11 is 20.4. The number of ether oxygens (including phenoxy) is 1. The van der Waals surface area contributed by atoms with Crippen LogP contribution in [-0.2, 0) is 0 Å². The fraction of sp³-hybridized carbons (Fsp3) is 0.261. The summed E-state index contributed by atoms with van der Waals surface area (Å²) in [4.78, 5) is 4.97. The van der Waals surface area contributed by atoms with E-state index in [9.17, 15) is 0 Å². The summed E-state index contributed by atoms with van der Waals surface area (Å²) in [6, 6.07) is 15.4. The van der Waals surface area contributed by atoms with E-state index in [0.29, 0.717) is 20.9 Å². The van der Waals surface area contributed by atoms with Gasteiger partial charge in [0.15, 0.2) is 0 Å². The normalized spacial score (nSPS) is 17.3. The molecular weight excluding hydrogens is 459 g/mol. The SMILES string of the molecule is CSNC1CC(C)(C)Oc2nc(-c3ccc(Cl)cc3Cl)c(-c3ccc(Cl)cc3)cc21. The second-order valence-electron chi connectivity index (χ2n) is 7.85. The fourth-order valence-corrected chi connectivity index (χ4v) is 4.85. The third-order valence-corrected chi connectivity index (χ3v) is 6.38. The summed E-state index contributed by atoms with van der Waals surface area (Å²) in [5.41, 5.74) is 4.21. The standard InChI is InChI=1S/C23H21Cl3N2OS/c1-23(2)12-20(28-30-3)18-11-17(13-4-6-14(24)7-5-13)21(27-22(18)29-23)16-9-8-15(25)10-19(16)26/h4-11,20,28H,12H2,1-3H3. The van der Waals surface area contributed by atoms with Crippen molar-refractivity contribution in [3.05, 3.63) is 69.2 Å². The maximum absolute atomic E-state index is 6.56. The first kappa shape index (κ1) is 21.8. The second kappa shape index (κ2) is 8.60. The van der Waals surface area contributed by atoms with Crippen molar-refractivity contribution in [3.63, 3.8) is 0 Å². The zero-order chi connectivity index (χ0) is 21.5. The molecule has 1 N–H and O–H groups in total. The highest BCUT2D eigenvalue weighted by Gasteiger charge is 2.35. The molecule has 0 saturated carbocycles. The topological polar surface area (TPSA) is 34.1 Å². The molecule has 0 fully saturated rings. The summed E-state index contributed by atoms with van der Waals surface area (Å²) in [5.74, 6) is 0.622. The van der Waals surface area contributed by atoms with E-state index in [-0.39, 0.29) is 11.6 Å². The number of nitrogens with one attached hydrogen (secondary N) is 1. The van der Waals surface area contributed by atoms with Crippen molar-refractivity contribution < 1.29 is 4.74 Å². The third-order valence-electron chi connectivity index (χ3n) is 5.06. The van der Waals surface area contributed by atoms with Crippen LogP contribution in [0.5, 0.6) is 5.88 Å². The van der Waals surface area contributed by atoms with E-state index < -0.39 is 0 Å². The Morgan fingerprint density at radius 1 is 1.00 bits per heavy atom. The lowest BCUT2D eigenvalue weighted by Crippen LogP contribution is -2.38. The molecule has 4 rings (SSSR count). The molecule has 3 aromatic rings. The lowest BCUT2D eigenvalue weighted by molar-refractivity contribution is 0.0648. The molecular formula is C23H21Cl3N2OS. The molecule has 1 aliphatic heterocycles. The minimum absolute atomic E-state index is 0.118. The van der Waals surface area contributed by atoms with Crippen LogP contribution in [0.1, 0.15) is 31.9 Å². The van der Waals surface area contributed by atoms with Crippen LogP contribution in [0, 0.1) is 0 Å². The van der Waals surface area contributed by atoms with Gasteiger partial charge < -0.3 is 4.74 Å². The van der Waals surface area contributed by atoms with Gasteiger partial charge in [0.05, 0.1) is 16.8 Å². The molecule has 7 heteroatoms. The van der Waals surface area contributed by atoms with Crippen LogP contribution in [0.4, 0.5) is 0 Å². The van der Waals surface area contributed by atoms with Gasteiger partial charge in [-0.25, -0.2) is 4.98 Å².